The number of H-pyrrole nitrogens is 1. The molecule has 2 aromatic rings. The van der Waals surface area contributed by atoms with Crippen molar-refractivity contribution in [3.05, 3.63) is 51.9 Å². The minimum absolute atomic E-state index is 0.00444. The predicted octanol–water partition coefficient (Wildman–Crippen LogP) is 1.49. The summed E-state index contributed by atoms with van der Waals surface area (Å²) in [4.78, 5) is 37.3. The fourth-order valence-corrected chi connectivity index (χ4v) is 4.99. The summed E-state index contributed by atoms with van der Waals surface area (Å²) in [6.45, 7) is 4.14. The molecule has 2 aliphatic heterocycles. The molecule has 0 saturated carbocycles. The second-order valence-corrected chi connectivity index (χ2v) is 8.58. The van der Waals surface area contributed by atoms with E-state index in [-0.39, 0.29) is 23.5 Å². The number of nitrogens with one attached hydrogen (secondary N) is 1. The molecule has 31 heavy (non-hydrogen) atoms. The molecule has 0 atom stereocenters. The molecule has 8 nitrogen and oxygen atoms in total. The third kappa shape index (κ3) is 3.92. The van der Waals surface area contributed by atoms with Crippen LogP contribution in [0.4, 0.5) is 5.95 Å². The molecule has 3 heterocycles. The number of benzene rings is 1. The van der Waals surface area contributed by atoms with Crippen molar-refractivity contribution in [2.45, 2.75) is 31.1 Å². The monoisotopic (exact) mass is 424 g/mol. The smallest absolute Gasteiger partial charge is 0.260 e. The van der Waals surface area contributed by atoms with Crippen LogP contribution in [0.5, 0.6) is 5.75 Å². The lowest BCUT2D eigenvalue weighted by Crippen LogP contribution is -2.46. The highest BCUT2D eigenvalue weighted by atomic mass is 16.5. The van der Waals surface area contributed by atoms with E-state index < -0.39 is 0 Å². The lowest BCUT2D eigenvalue weighted by atomic mass is 9.76. The van der Waals surface area contributed by atoms with Gasteiger partial charge >= 0.3 is 0 Å². The first kappa shape index (κ1) is 20.1. The molecular formula is C23H28N4O4. The van der Waals surface area contributed by atoms with Gasteiger partial charge in [0, 0.05) is 37.2 Å². The fraction of sp³-hybridized carbons (Fsp3) is 0.522. The third-order valence-corrected chi connectivity index (χ3v) is 6.85. The van der Waals surface area contributed by atoms with Crippen molar-refractivity contribution in [3.8, 4) is 5.75 Å². The van der Waals surface area contributed by atoms with E-state index in [0.29, 0.717) is 38.0 Å². The lowest BCUT2D eigenvalue weighted by molar-refractivity contribution is -0.135. The molecule has 2 saturated heterocycles. The summed E-state index contributed by atoms with van der Waals surface area (Å²) < 4.78 is 11.1. The Hall–Kier alpha value is -2.87. The first-order valence-corrected chi connectivity index (χ1v) is 11.1. The molecule has 1 spiro atoms. The molecule has 0 radical (unpaired) electrons. The maximum Gasteiger partial charge on any atom is 0.260 e. The highest BCUT2D eigenvalue weighted by Crippen LogP contribution is 2.44. The van der Waals surface area contributed by atoms with Crippen LogP contribution in [0.2, 0.25) is 0 Å². The first-order valence-electron chi connectivity index (χ1n) is 11.1. The maximum atomic E-state index is 12.8. The van der Waals surface area contributed by atoms with Gasteiger partial charge in [0.1, 0.15) is 5.75 Å². The molecular weight excluding hydrogens is 396 g/mol. The highest BCUT2D eigenvalue weighted by molar-refractivity contribution is 5.78. The van der Waals surface area contributed by atoms with Gasteiger partial charge in [0.2, 0.25) is 5.95 Å². The minimum atomic E-state index is -0.109. The zero-order valence-corrected chi connectivity index (χ0v) is 17.6. The normalized spacial score (nSPS) is 20.0. The number of para-hydroxylation sites is 1. The molecule has 1 amide bonds. The van der Waals surface area contributed by atoms with Gasteiger partial charge in [-0.25, -0.2) is 4.98 Å². The van der Waals surface area contributed by atoms with E-state index in [1.54, 1.807) is 0 Å². The lowest BCUT2D eigenvalue weighted by Gasteiger charge is -2.39. The Morgan fingerprint density at radius 1 is 1.10 bits per heavy atom. The van der Waals surface area contributed by atoms with Gasteiger partial charge in [-0.2, -0.15) is 0 Å². The summed E-state index contributed by atoms with van der Waals surface area (Å²) in [5.74, 6) is 1.36. The number of rotatable bonds is 4. The van der Waals surface area contributed by atoms with Gasteiger partial charge in [0.15, 0.2) is 6.61 Å². The van der Waals surface area contributed by atoms with Crippen molar-refractivity contribution in [1.29, 1.82) is 0 Å². The van der Waals surface area contributed by atoms with Crippen LogP contribution in [0.3, 0.4) is 0 Å². The van der Waals surface area contributed by atoms with Crippen LogP contribution in [-0.4, -0.2) is 66.8 Å². The standard InChI is InChI=1S/C23H28N4O4/c28-19(16-31-17-4-2-1-3-5-17)26-10-8-23(9-11-26)7-6-18-20(23)24-22(25-21(18)29)27-12-14-30-15-13-27/h1-5H,6-16H2,(H,24,25,29). The molecule has 1 aliphatic carbocycles. The molecule has 2 fully saturated rings. The van der Waals surface area contributed by atoms with Crippen molar-refractivity contribution >= 4 is 11.9 Å². The number of piperidine rings is 1. The Morgan fingerprint density at radius 3 is 2.58 bits per heavy atom. The molecule has 164 valence electrons. The average Bonchev–Trinajstić information content (AvgIpc) is 3.17. The van der Waals surface area contributed by atoms with Crippen molar-refractivity contribution in [1.82, 2.24) is 14.9 Å². The van der Waals surface area contributed by atoms with Crippen LogP contribution >= 0.6 is 0 Å². The van der Waals surface area contributed by atoms with Gasteiger partial charge in [-0.3, -0.25) is 14.6 Å². The number of morpholine rings is 1. The van der Waals surface area contributed by atoms with Crippen LogP contribution in [-0.2, 0) is 21.4 Å². The topological polar surface area (TPSA) is 87.8 Å². The van der Waals surface area contributed by atoms with E-state index in [0.717, 1.165) is 50.0 Å². The van der Waals surface area contributed by atoms with E-state index in [2.05, 4.69) is 9.88 Å². The molecule has 0 bridgehead atoms. The summed E-state index contributed by atoms with van der Waals surface area (Å²) in [6, 6.07) is 9.40. The number of aromatic nitrogens is 2. The van der Waals surface area contributed by atoms with Gasteiger partial charge in [-0.05, 0) is 37.8 Å². The van der Waals surface area contributed by atoms with Crippen molar-refractivity contribution in [3.63, 3.8) is 0 Å². The Labute approximate surface area is 181 Å². The first-order chi connectivity index (χ1) is 15.1. The number of carbonyl (C=O) groups is 1. The van der Waals surface area contributed by atoms with Crippen LogP contribution < -0.4 is 15.2 Å². The van der Waals surface area contributed by atoms with Crippen molar-refractivity contribution in [2.24, 2.45) is 0 Å². The van der Waals surface area contributed by atoms with Crippen LogP contribution in [0.25, 0.3) is 0 Å². The second kappa shape index (κ2) is 8.34. The van der Waals surface area contributed by atoms with Crippen molar-refractivity contribution < 1.29 is 14.3 Å². The molecule has 1 aromatic carbocycles. The minimum Gasteiger partial charge on any atom is -0.484 e. The van der Waals surface area contributed by atoms with Gasteiger partial charge in [-0.15, -0.1) is 0 Å². The Kier molecular flexibility index (Phi) is 5.40. The fourth-order valence-electron chi connectivity index (χ4n) is 4.99. The summed E-state index contributed by atoms with van der Waals surface area (Å²) in [6.07, 6.45) is 3.34. The van der Waals surface area contributed by atoms with Crippen LogP contribution in [0.1, 0.15) is 30.5 Å². The highest BCUT2D eigenvalue weighted by Gasteiger charge is 2.44. The van der Waals surface area contributed by atoms with Crippen LogP contribution in [0, 0.1) is 0 Å². The summed E-state index contributed by atoms with van der Waals surface area (Å²) >= 11 is 0. The number of ether oxygens (including phenoxy) is 2. The molecule has 1 aromatic heterocycles. The quantitative estimate of drug-likeness (QED) is 0.800. The number of carbonyl (C=O) groups excluding carboxylic acids is 1. The summed E-state index contributed by atoms with van der Waals surface area (Å²) in [5, 5.41) is 0. The van der Waals surface area contributed by atoms with Gasteiger partial charge in [0.25, 0.3) is 11.5 Å². The van der Waals surface area contributed by atoms with E-state index in [9.17, 15) is 9.59 Å². The Morgan fingerprint density at radius 2 is 1.84 bits per heavy atom. The number of anilines is 1. The van der Waals surface area contributed by atoms with E-state index >= 15 is 0 Å². The number of amides is 1. The predicted molar refractivity (Wildman–Crippen MR) is 116 cm³/mol. The van der Waals surface area contributed by atoms with E-state index in [1.807, 2.05) is 35.2 Å². The van der Waals surface area contributed by atoms with Crippen molar-refractivity contribution in [2.75, 3.05) is 50.9 Å². The summed E-state index contributed by atoms with van der Waals surface area (Å²) in [7, 11) is 0. The SMILES string of the molecule is O=C(COc1ccccc1)N1CCC2(CCc3c2nc(N2CCOCC2)[nH]c3=O)CC1. The van der Waals surface area contributed by atoms with Gasteiger partial charge < -0.3 is 19.3 Å². The largest absolute Gasteiger partial charge is 0.484 e. The molecule has 3 aliphatic rings. The Bertz CT molecular complexity index is 992. The van der Waals surface area contributed by atoms with E-state index in [4.69, 9.17) is 14.5 Å². The number of hydrogen-bond donors (Lipinski definition) is 1. The Balaban J connectivity index is 1.27. The number of hydrogen-bond acceptors (Lipinski definition) is 6. The summed E-state index contributed by atoms with van der Waals surface area (Å²) in [5.41, 5.74) is 1.65. The molecule has 8 heteroatoms. The number of aromatic amines is 1. The molecule has 5 rings (SSSR count). The average molecular weight is 425 g/mol. The maximum absolute atomic E-state index is 12.8. The third-order valence-electron chi connectivity index (χ3n) is 6.85. The van der Waals surface area contributed by atoms with Crippen LogP contribution in [0.15, 0.2) is 35.1 Å². The molecule has 1 N–H and O–H groups in total. The number of nitrogens with zero attached hydrogens (tertiary/aromatic N) is 3. The number of likely N-dealkylation sites (tertiary alicyclic amines) is 1. The zero-order chi connectivity index (χ0) is 21.3. The van der Waals surface area contributed by atoms with E-state index in [1.165, 1.54) is 0 Å². The van der Waals surface area contributed by atoms with Gasteiger partial charge in [-0.1, -0.05) is 18.2 Å². The molecule has 0 unspecified atom stereocenters. The zero-order valence-electron chi connectivity index (χ0n) is 17.6. The second-order valence-electron chi connectivity index (χ2n) is 8.58. The van der Waals surface area contributed by atoms with Gasteiger partial charge in [0.05, 0.1) is 18.9 Å². The number of fused-ring (bicyclic) bond motifs is 2.